The molecule has 1 heterocycles. The van der Waals surface area contributed by atoms with E-state index < -0.39 is 6.10 Å². The van der Waals surface area contributed by atoms with Crippen molar-refractivity contribution in [1.82, 2.24) is 0 Å². The Bertz CT molecular complexity index is 490. The molecule has 1 aromatic carbocycles. The zero-order valence-corrected chi connectivity index (χ0v) is 12.7. The van der Waals surface area contributed by atoms with Gasteiger partial charge in [-0.2, -0.15) is 0 Å². The van der Waals surface area contributed by atoms with Crippen LogP contribution in [0.1, 0.15) is 43.9 Å². The molecule has 1 saturated heterocycles. The standard InChI is InChI=1S/C16H24FNO2/c1-11-8-15(13(12(2)19)9-14(11)17)18-7-5-6-16(3,10-18)20-4/h8-9,12,19H,5-7,10H2,1-4H3. The lowest BCUT2D eigenvalue weighted by Gasteiger charge is -2.41. The molecule has 2 unspecified atom stereocenters. The van der Waals surface area contributed by atoms with Crippen LogP contribution in [0.5, 0.6) is 0 Å². The van der Waals surface area contributed by atoms with Gasteiger partial charge in [0, 0.05) is 31.5 Å². The number of piperidine rings is 1. The fourth-order valence-electron chi connectivity index (χ4n) is 2.87. The number of aryl methyl sites for hydroxylation is 1. The first kappa shape index (κ1) is 15.3. The van der Waals surface area contributed by atoms with Crippen LogP contribution in [-0.4, -0.2) is 30.9 Å². The average Bonchev–Trinajstić information content (AvgIpc) is 2.41. The van der Waals surface area contributed by atoms with Gasteiger partial charge in [-0.25, -0.2) is 4.39 Å². The van der Waals surface area contributed by atoms with Gasteiger partial charge in [0.05, 0.1) is 11.7 Å². The fourth-order valence-corrected chi connectivity index (χ4v) is 2.87. The molecule has 3 nitrogen and oxygen atoms in total. The Morgan fingerprint density at radius 1 is 1.45 bits per heavy atom. The molecule has 1 aliphatic heterocycles. The third-order valence-electron chi connectivity index (χ3n) is 4.25. The van der Waals surface area contributed by atoms with Crippen molar-refractivity contribution in [2.75, 3.05) is 25.1 Å². The molecule has 20 heavy (non-hydrogen) atoms. The number of nitrogens with zero attached hydrogens (tertiary/aromatic N) is 1. The van der Waals surface area contributed by atoms with Crippen molar-refractivity contribution in [1.29, 1.82) is 0 Å². The van der Waals surface area contributed by atoms with Crippen LogP contribution in [-0.2, 0) is 4.74 Å². The minimum Gasteiger partial charge on any atom is -0.389 e. The van der Waals surface area contributed by atoms with E-state index >= 15 is 0 Å². The molecular weight excluding hydrogens is 257 g/mol. The maximum Gasteiger partial charge on any atom is 0.126 e. The van der Waals surface area contributed by atoms with Gasteiger partial charge in [0.2, 0.25) is 0 Å². The lowest BCUT2D eigenvalue weighted by molar-refractivity contribution is -0.00476. The van der Waals surface area contributed by atoms with Crippen molar-refractivity contribution in [2.24, 2.45) is 0 Å². The van der Waals surface area contributed by atoms with Crippen LogP contribution in [0.3, 0.4) is 0 Å². The quantitative estimate of drug-likeness (QED) is 0.923. The predicted octanol–water partition coefficient (Wildman–Crippen LogP) is 3.19. The lowest BCUT2D eigenvalue weighted by Crippen LogP contribution is -2.47. The molecule has 0 saturated carbocycles. The van der Waals surface area contributed by atoms with Gasteiger partial charge in [0.1, 0.15) is 5.82 Å². The molecule has 0 amide bonds. The summed E-state index contributed by atoms with van der Waals surface area (Å²) < 4.78 is 19.4. The van der Waals surface area contributed by atoms with E-state index in [1.54, 1.807) is 21.0 Å². The Labute approximate surface area is 120 Å². The zero-order chi connectivity index (χ0) is 14.9. The molecule has 2 atom stereocenters. The second-order valence-corrected chi connectivity index (χ2v) is 6.02. The van der Waals surface area contributed by atoms with E-state index in [-0.39, 0.29) is 11.4 Å². The largest absolute Gasteiger partial charge is 0.389 e. The average molecular weight is 281 g/mol. The van der Waals surface area contributed by atoms with Crippen LogP contribution in [0.4, 0.5) is 10.1 Å². The summed E-state index contributed by atoms with van der Waals surface area (Å²) >= 11 is 0. The van der Waals surface area contributed by atoms with Crippen LogP contribution >= 0.6 is 0 Å². The second-order valence-electron chi connectivity index (χ2n) is 6.02. The molecule has 112 valence electrons. The van der Waals surface area contributed by atoms with Gasteiger partial charge in [-0.15, -0.1) is 0 Å². The van der Waals surface area contributed by atoms with Gasteiger partial charge < -0.3 is 14.7 Å². The first-order valence-corrected chi connectivity index (χ1v) is 7.14. The highest BCUT2D eigenvalue weighted by Gasteiger charge is 2.32. The normalized spacial score (nSPS) is 24.8. The molecule has 1 N–H and O–H groups in total. The minimum atomic E-state index is -0.684. The predicted molar refractivity (Wildman–Crippen MR) is 78.6 cm³/mol. The summed E-state index contributed by atoms with van der Waals surface area (Å²) in [5.74, 6) is -0.267. The molecule has 1 aliphatic rings. The zero-order valence-electron chi connectivity index (χ0n) is 12.7. The summed E-state index contributed by atoms with van der Waals surface area (Å²) in [7, 11) is 1.73. The molecule has 1 fully saturated rings. The van der Waals surface area contributed by atoms with Crippen LogP contribution < -0.4 is 4.90 Å². The number of benzene rings is 1. The molecule has 0 bridgehead atoms. The molecular formula is C16H24FNO2. The Morgan fingerprint density at radius 2 is 2.15 bits per heavy atom. The van der Waals surface area contributed by atoms with Crippen LogP contribution in [0.25, 0.3) is 0 Å². The van der Waals surface area contributed by atoms with Crippen molar-refractivity contribution < 1.29 is 14.2 Å². The van der Waals surface area contributed by atoms with E-state index in [1.807, 2.05) is 6.07 Å². The molecule has 1 aromatic rings. The number of methoxy groups -OCH3 is 1. The summed E-state index contributed by atoms with van der Waals surface area (Å²) in [6.45, 7) is 7.19. The molecule has 0 spiro atoms. The van der Waals surface area contributed by atoms with E-state index in [4.69, 9.17) is 4.74 Å². The fraction of sp³-hybridized carbons (Fsp3) is 0.625. The van der Waals surface area contributed by atoms with Crippen molar-refractivity contribution in [3.63, 3.8) is 0 Å². The number of ether oxygens (including phenoxy) is 1. The first-order chi connectivity index (χ1) is 9.36. The van der Waals surface area contributed by atoms with Gasteiger partial charge in [0.15, 0.2) is 0 Å². The minimum absolute atomic E-state index is 0.184. The third kappa shape index (κ3) is 2.96. The third-order valence-corrected chi connectivity index (χ3v) is 4.25. The van der Waals surface area contributed by atoms with Gasteiger partial charge in [-0.1, -0.05) is 0 Å². The van der Waals surface area contributed by atoms with Crippen LogP contribution in [0.2, 0.25) is 0 Å². The number of aliphatic hydroxyl groups excluding tert-OH is 1. The highest BCUT2D eigenvalue weighted by atomic mass is 19.1. The van der Waals surface area contributed by atoms with Gasteiger partial charge in [0.25, 0.3) is 0 Å². The molecule has 0 aliphatic carbocycles. The summed E-state index contributed by atoms with van der Waals surface area (Å²) in [6.07, 6.45) is 1.36. The van der Waals surface area contributed by atoms with Gasteiger partial charge in [-0.3, -0.25) is 0 Å². The maximum atomic E-state index is 13.8. The number of aliphatic hydroxyl groups is 1. The smallest absolute Gasteiger partial charge is 0.126 e. The highest BCUT2D eigenvalue weighted by Crippen LogP contribution is 2.34. The van der Waals surface area contributed by atoms with Gasteiger partial charge >= 0.3 is 0 Å². The van der Waals surface area contributed by atoms with Crippen molar-refractivity contribution in [2.45, 2.75) is 45.3 Å². The number of hydrogen-bond donors (Lipinski definition) is 1. The van der Waals surface area contributed by atoms with Crippen molar-refractivity contribution >= 4 is 5.69 Å². The monoisotopic (exact) mass is 281 g/mol. The number of halogens is 1. The number of anilines is 1. The van der Waals surface area contributed by atoms with Gasteiger partial charge in [-0.05, 0) is 51.3 Å². The Kier molecular flexibility index (Phi) is 4.35. The van der Waals surface area contributed by atoms with E-state index in [1.165, 1.54) is 6.07 Å². The summed E-state index contributed by atoms with van der Waals surface area (Å²) in [5.41, 5.74) is 1.99. The number of hydrogen-bond acceptors (Lipinski definition) is 3. The van der Waals surface area contributed by atoms with E-state index in [9.17, 15) is 9.50 Å². The van der Waals surface area contributed by atoms with Crippen LogP contribution in [0, 0.1) is 12.7 Å². The molecule has 0 radical (unpaired) electrons. The van der Waals surface area contributed by atoms with E-state index in [0.29, 0.717) is 11.1 Å². The summed E-state index contributed by atoms with van der Waals surface area (Å²) in [6, 6.07) is 3.28. The number of rotatable bonds is 3. The maximum absolute atomic E-state index is 13.8. The summed E-state index contributed by atoms with van der Waals surface area (Å²) in [5, 5.41) is 9.91. The lowest BCUT2D eigenvalue weighted by atomic mass is 9.93. The van der Waals surface area contributed by atoms with Crippen molar-refractivity contribution in [3.05, 3.63) is 29.1 Å². The first-order valence-electron chi connectivity index (χ1n) is 7.14. The SMILES string of the molecule is COC1(C)CCCN(c2cc(C)c(F)cc2C(C)O)C1. The molecule has 2 rings (SSSR count). The Morgan fingerprint density at radius 3 is 2.75 bits per heavy atom. The van der Waals surface area contributed by atoms with E-state index in [2.05, 4.69) is 11.8 Å². The second kappa shape index (κ2) is 5.70. The Balaban J connectivity index is 2.38. The van der Waals surface area contributed by atoms with E-state index in [0.717, 1.165) is 31.6 Å². The molecule has 4 heteroatoms. The van der Waals surface area contributed by atoms with Crippen LogP contribution in [0.15, 0.2) is 12.1 Å². The van der Waals surface area contributed by atoms with Crippen molar-refractivity contribution in [3.8, 4) is 0 Å². The summed E-state index contributed by atoms with van der Waals surface area (Å²) in [4.78, 5) is 2.20. The molecule has 0 aromatic heterocycles. The highest BCUT2D eigenvalue weighted by molar-refractivity contribution is 5.57. The Hall–Kier alpha value is -1.13. The topological polar surface area (TPSA) is 32.7 Å².